The maximum Gasteiger partial charge on any atom is 0.300 e. The SMILES string of the molecule is COP(=O)(C(=O)c1ccccc1)c1cccc(C)c1C. The maximum atomic E-state index is 13.1. The molecule has 0 bridgehead atoms. The fourth-order valence-corrected chi connectivity index (χ4v) is 4.07. The van der Waals surface area contributed by atoms with Crippen LogP contribution >= 0.6 is 7.37 Å². The Morgan fingerprint density at radius 1 is 1.00 bits per heavy atom. The van der Waals surface area contributed by atoms with E-state index >= 15 is 0 Å². The Hall–Kier alpha value is -1.70. The van der Waals surface area contributed by atoms with E-state index in [9.17, 15) is 9.36 Å². The summed E-state index contributed by atoms with van der Waals surface area (Å²) in [6.07, 6.45) is 0. The summed E-state index contributed by atoms with van der Waals surface area (Å²) in [4.78, 5) is 12.6. The van der Waals surface area contributed by atoms with E-state index in [2.05, 4.69) is 0 Å². The molecule has 0 aliphatic rings. The molecule has 3 nitrogen and oxygen atoms in total. The summed E-state index contributed by atoms with van der Waals surface area (Å²) < 4.78 is 18.3. The Balaban J connectivity index is 2.58. The predicted molar refractivity (Wildman–Crippen MR) is 80.9 cm³/mol. The van der Waals surface area contributed by atoms with Crippen LogP contribution in [0.15, 0.2) is 48.5 Å². The zero-order chi connectivity index (χ0) is 14.8. The van der Waals surface area contributed by atoms with Crippen molar-refractivity contribution in [1.82, 2.24) is 0 Å². The highest BCUT2D eigenvalue weighted by Crippen LogP contribution is 2.49. The molecule has 2 aromatic carbocycles. The second kappa shape index (κ2) is 5.74. The van der Waals surface area contributed by atoms with E-state index in [1.165, 1.54) is 7.11 Å². The first-order valence-corrected chi connectivity index (χ1v) is 7.95. The molecule has 104 valence electrons. The van der Waals surface area contributed by atoms with Gasteiger partial charge in [-0.05, 0) is 31.0 Å². The molecule has 0 fully saturated rings. The second-order valence-corrected chi connectivity index (χ2v) is 6.98. The van der Waals surface area contributed by atoms with Crippen molar-refractivity contribution in [2.75, 3.05) is 7.11 Å². The summed E-state index contributed by atoms with van der Waals surface area (Å²) in [5.74, 6) is 0. The average Bonchev–Trinajstić information content (AvgIpc) is 2.49. The lowest BCUT2D eigenvalue weighted by Gasteiger charge is -2.18. The van der Waals surface area contributed by atoms with Crippen LogP contribution in [0.4, 0.5) is 0 Å². The van der Waals surface area contributed by atoms with Gasteiger partial charge in [-0.15, -0.1) is 0 Å². The smallest absolute Gasteiger partial charge is 0.300 e. The van der Waals surface area contributed by atoms with Crippen molar-refractivity contribution < 1.29 is 13.9 Å². The lowest BCUT2D eigenvalue weighted by molar-refractivity contribution is 0.106. The number of carbonyl (C=O) groups is 1. The zero-order valence-corrected chi connectivity index (χ0v) is 12.7. The normalized spacial score (nSPS) is 13.8. The summed E-state index contributed by atoms with van der Waals surface area (Å²) in [6, 6.07) is 14.0. The summed E-state index contributed by atoms with van der Waals surface area (Å²) in [7, 11) is -2.25. The molecular formula is C16H17O3P. The van der Waals surface area contributed by atoms with Gasteiger partial charge < -0.3 is 4.52 Å². The van der Waals surface area contributed by atoms with Crippen LogP contribution in [0.5, 0.6) is 0 Å². The van der Waals surface area contributed by atoms with Crippen molar-refractivity contribution in [3.63, 3.8) is 0 Å². The number of hydrogen-bond donors (Lipinski definition) is 0. The van der Waals surface area contributed by atoms with Gasteiger partial charge in [0.1, 0.15) is 0 Å². The van der Waals surface area contributed by atoms with Crippen LogP contribution in [-0.4, -0.2) is 12.6 Å². The highest BCUT2D eigenvalue weighted by molar-refractivity contribution is 7.83. The largest absolute Gasteiger partial charge is 0.323 e. The van der Waals surface area contributed by atoms with E-state index in [1.54, 1.807) is 36.4 Å². The van der Waals surface area contributed by atoms with Gasteiger partial charge in [-0.3, -0.25) is 9.36 Å². The monoisotopic (exact) mass is 288 g/mol. The van der Waals surface area contributed by atoms with E-state index < -0.39 is 12.9 Å². The van der Waals surface area contributed by atoms with E-state index in [0.29, 0.717) is 10.9 Å². The molecule has 2 rings (SSSR count). The van der Waals surface area contributed by atoms with Gasteiger partial charge in [-0.1, -0.05) is 42.5 Å². The van der Waals surface area contributed by atoms with Gasteiger partial charge in [0.2, 0.25) is 0 Å². The molecule has 0 aliphatic heterocycles. The van der Waals surface area contributed by atoms with Gasteiger partial charge in [0.25, 0.3) is 5.52 Å². The number of carbonyl (C=O) groups excluding carboxylic acids is 1. The first-order valence-electron chi connectivity index (χ1n) is 6.33. The molecule has 0 radical (unpaired) electrons. The fourth-order valence-electron chi connectivity index (χ4n) is 2.10. The molecule has 0 saturated heterocycles. The third-order valence-electron chi connectivity index (χ3n) is 3.44. The topological polar surface area (TPSA) is 43.4 Å². The number of hydrogen-bond acceptors (Lipinski definition) is 3. The fraction of sp³-hybridized carbons (Fsp3) is 0.188. The van der Waals surface area contributed by atoms with Crippen molar-refractivity contribution in [3.05, 3.63) is 65.2 Å². The van der Waals surface area contributed by atoms with Crippen molar-refractivity contribution in [1.29, 1.82) is 0 Å². The molecule has 4 heteroatoms. The van der Waals surface area contributed by atoms with Crippen molar-refractivity contribution in [3.8, 4) is 0 Å². The Labute approximate surface area is 119 Å². The van der Waals surface area contributed by atoms with Crippen LogP contribution in [0.3, 0.4) is 0 Å². The van der Waals surface area contributed by atoms with Crippen LogP contribution in [0.1, 0.15) is 21.5 Å². The molecule has 0 amide bonds. The molecule has 0 saturated carbocycles. The molecule has 0 N–H and O–H groups in total. The molecule has 0 aromatic heterocycles. The standard InChI is InChI=1S/C16H17O3P/c1-12-8-7-11-15(13(12)2)20(18,19-3)16(17)14-9-5-4-6-10-14/h4-11H,1-3H3. The van der Waals surface area contributed by atoms with Gasteiger partial charge in [-0.2, -0.15) is 0 Å². The van der Waals surface area contributed by atoms with Crippen molar-refractivity contribution in [2.24, 2.45) is 0 Å². The van der Waals surface area contributed by atoms with Crippen molar-refractivity contribution in [2.45, 2.75) is 13.8 Å². The highest BCUT2D eigenvalue weighted by Gasteiger charge is 2.36. The summed E-state index contributed by atoms with van der Waals surface area (Å²) in [5.41, 5.74) is 1.76. The molecule has 0 heterocycles. The number of benzene rings is 2. The molecule has 0 spiro atoms. The van der Waals surface area contributed by atoms with Gasteiger partial charge in [-0.25, -0.2) is 0 Å². The summed E-state index contributed by atoms with van der Waals surface area (Å²) in [5, 5.41) is 0.480. The average molecular weight is 288 g/mol. The minimum Gasteiger partial charge on any atom is -0.323 e. The molecule has 1 unspecified atom stereocenters. The van der Waals surface area contributed by atoms with Gasteiger partial charge >= 0.3 is 7.37 Å². The molecular weight excluding hydrogens is 271 g/mol. The minimum absolute atomic E-state index is 0.401. The Morgan fingerprint density at radius 2 is 1.65 bits per heavy atom. The van der Waals surface area contributed by atoms with Crippen LogP contribution in [0.2, 0.25) is 0 Å². The maximum absolute atomic E-state index is 13.1. The third-order valence-corrected chi connectivity index (χ3v) is 5.86. The van der Waals surface area contributed by atoms with Gasteiger partial charge in [0, 0.05) is 18.0 Å². The lowest BCUT2D eigenvalue weighted by atomic mass is 10.1. The van der Waals surface area contributed by atoms with Gasteiger partial charge in [0.05, 0.1) is 0 Å². The van der Waals surface area contributed by atoms with E-state index in [1.807, 2.05) is 26.0 Å². The Morgan fingerprint density at radius 3 is 2.25 bits per heavy atom. The lowest BCUT2D eigenvalue weighted by Crippen LogP contribution is -2.18. The predicted octanol–water partition coefficient (Wildman–Crippen LogP) is 3.69. The number of aryl methyl sites for hydroxylation is 1. The molecule has 1 atom stereocenters. The quantitative estimate of drug-likeness (QED) is 0.806. The van der Waals surface area contributed by atoms with Crippen LogP contribution in [0.25, 0.3) is 0 Å². The molecule has 2 aromatic rings. The summed E-state index contributed by atoms with van der Waals surface area (Å²) >= 11 is 0. The Kier molecular flexibility index (Phi) is 4.22. The van der Waals surface area contributed by atoms with Crippen LogP contribution in [-0.2, 0) is 9.09 Å². The second-order valence-electron chi connectivity index (χ2n) is 4.62. The number of rotatable bonds is 4. The van der Waals surface area contributed by atoms with Gasteiger partial charge in [0.15, 0.2) is 0 Å². The third kappa shape index (κ3) is 2.47. The molecule has 0 aliphatic carbocycles. The van der Waals surface area contributed by atoms with Crippen LogP contribution in [0, 0.1) is 13.8 Å². The Bertz CT molecular complexity index is 677. The highest BCUT2D eigenvalue weighted by atomic mass is 31.2. The van der Waals surface area contributed by atoms with E-state index in [0.717, 1.165) is 11.1 Å². The minimum atomic E-state index is -3.57. The molecule has 20 heavy (non-hydrogen) atoms. The summed E-state index contributed by atoms with van der Waals surface area (Å²) in [6.45, 7) is 3.78. The zero-order valence-electron chi connectivity index (χ0n) is 11.8. The first-order chi connectivity index (χ1) is 9.50. The van der Waals surface area contributed by atoms with E-state index in [4.69, 9.17) is 4.52 Å². The first kappa shape index (κ1) is 14.7. The van der Waals surface area contributed by atoms with Crippen molar-refractivity contribution >= 4 is 18.2 Å². The van der Waals surface area contributed by atoms with E-state index in [-0.39, 0.29) is 0 Å². The van der Waals surface area contributed by atoms with Crippen LogP contribution < -0.4 is 5.30 Å².